The molecule has 1 aromatic rings. The molecule has 0 aliphatic heterocycles. The van der Waals surface area contributed by atoms with Gasteiger partial charge < -0.3 is 5.73 Å². The van der Waals surface area contributed by atoms with Crippen molar-refractivity contribution in [3.05, 3.63) is 34.6 Å². The highest BCUT2D eigenvalue weighted by Crippen LogP contribution is 2.17. The lowest BCUT2D eigenvalue weighted by molar-refractivity contribution is 0.605. The van der Waals surface area contributed by atoms with Crippen LogP contribution in [0.3, 0.4) is 0 Å². The molecule has 0 unspecified atom stereocenters. The second-order valence-electron chi connectivity index (χ2n) is 3.37. The zero-order chi connectivity index (χ0) is 9.84. The van der Waals surface area contributed by atoms with E-state index in [1.54, 1.807) is 6.92 Å². The van der Waals surface area contributed by atoms with E-state index >= 15 is 0 Å². The molecule has 0 aliphatic carbocycles. The first-order chi connectivity index (χ1) is 6.16. The summed E-state index contributed by atoms with van der Waals surface area (Å²) >= 11 is 0. The summed E-state index contributed by atoms with van der Waals surface area (Å²) in [6.45, 7) is 4.28. The van der Waals surface area contributed by atoms with Gasteiger partial charge in [-0.25, -0.2) is 4.39 Å². The highest BCUT2D eigenvalue weighted by atomic mass is 19.1. The van der Waals surface area contributed by atoms with Crippen LogP contribution in [0.15, 0.2) is 12.1 Å². The third-order valence-electron chi connectivity index (χ3n) is 2.34. The normalized spacial score (nSPS) is 10.5. The molecule has 0 aromatic heterocycles. The Morgan fingerprint density at radius 2 is 2.00 bits per heavy atom. The van der Waals surface area contributed by atoms with Crippen LogP contribution in [-0.4, -0.2) is 6.54 Å². The van der Waals surface area contributed by atoms with Crippen LogP contribution in [0.4, 0.5) is 4.39 Å². The maximum atomic E-state index is 13.4. The van der Waals surface area contributed by atoms with Gasteiger partial charge in [0.1, 0.15) is 5.82 Å². The van der Waals surface area contributed by atoms with E-state index in [0.29, 0.717) is 12.1 Å². The van der Waals surface area contributed by atoms with Gasteiger partial charge in [-0.3, -0.25) is 0 Å². The summed E-state index contributed by atoms with van der Waals surface area (Å²) < 4.78 is 13.4. The third-order valence-corrected chi connectivity index (χ3v) is 2.34. The van der Waals surface area contributed by atoms with Crippen LogP contribution in [-0.2, 0) is 6.42 Å². The lowest BCUT2D eigenvalue weighted by Gasteiger charge is -2.07. The molecule has 0 radical (unpaired) electrons. The van der Waals surface area contributed by atoms with E-state index in [-0.39, 0.29) is 5.82 Å². The molecular weight excluding hydrogens is 165 g/mol. The minimum absolute atomic E-state index is 0.0745. The maximum absolute atomic E-state index is 13.4. The van der Waals surface area contributed by atoms with Crippen molar-refractivity contribution >= 4 is 0 Å². The number of rotatable bonds is 3. The van der Waals surface area contributed by atoms with Gasteiger partial charge in [0.05, 0.1) is 0 Å². The summed E-state index contributed by atoms with van der Waals surface area (Å²) in [6, 6.07) is 3.82. The number of nitrogens with two attached hydrogens (primary N) is 1. The summed E-state index contributed by atoms with van der Waals surface area (Å²) in [5.41, 5.74) is 7.97. The Bertz CT molecular complexity index is 294. The zero-order valence-corrected chi connectivity index (χ0v) is 8.23. The van der Waals surface area contributed by atoms with Crippen LogP contribution in [0.1, 0.15) is 23.1 Å². The van der Waals surface area contributed by atoms with Gasteiger partial charge in [-0.05, 0) is 49.9 Å². The van der Waals surface area contributed by atoms with Crippen molar-refractivity contribution in [3.8, 4) is 0 Å². The van der Waals surface area contributed by atoms with Crippen LogP contribution in [0.2, 0.25) is 0 Å². The molecule has 0 atom stereocenters. The average molecular weight is 181 g/mol. The summed E-state index contributed by atoms with van der Waals surface area (Å²) in [4.78, 5) is 0. The molecule has 0 fully saturated rings. The number of halogens is 1. The molecule has 2 N–H and O–H groups in total. The molecule has 0 saturated heterocycles. The van der Waals surface area contributed by atoms with Crippen molar-refractivity contribution < 1.29 is 4.39 Å². The molecule has 1 aromatic carbocycles. The van der Waals surface area contributed by atoms with Gasteiger partial charge in [0.2, 0.25) is 0 Å². The molecule has 2 heteroatoms. The van der Waals surface area contributed by atoms with Crippen molar-refractivity contribution in [2.75, 3.05) is 6.54 Å². The Balaban J connectivity index is 2.90. The lowest BCUT2D eigenvalue weighted by Crippen LogP contribution is -2.02. The van der Waals surface area contributed by atoms with E-state index in [1.807, 2.05) is 19.1 Å². The molecule has 1 nitrogen and oxygen atoms in total. The van der Waals surface area contributed by atoms with E-state index < -0.39 is 0 Å². The van der Waals surface area contributed by atoms with Crippen molar-refractivity contribution in [2.24, 2.45) is 5.73 Å². The first-order valence-electron chi connectivity index (χ1n) is 4.61. The van der Waals surface area contributed by atoms with Gasteiger partial charge in [-0.2, -0.15) is 0 Å². The summed E-state index contributed by atoms with van der Waals surface area (Å²) in [7, 11) is 0. The average Bonchev–Trinajstić information content (AvgIpc) is 2.13. The SMILES string of the molecule is Cc1ccc(CCCN)c(C)c1F. The smallest absolute Gasteiger partial charge is 0.129 e. The third kappa shape index (κ3) is 2.28. The Hall–Kier alpha value is -0.890. The monoisotopic (exact) mass is 181 g/mol. The fraction of sp³-hybridized carbons (Fsp3) is 0.455. The maximum Gasteiger partial charge on any atom is 0.129 e. The van der Waals surface area contributed by atoms with Gasteiger partial charge in [-0.1, -0.05) is 12.1 Å². The Morgan fingerprint density at radius 1 is 1.31 bits per heavy atom. The Morgan fingerprint density at radius 3 is 2.62 bits per heavy atom. The van der Waals surface area contributed by atoms with Crippen LogP contribution in [0.25, 0.3) is 0 Å². The van der Waals surface area contributed by atoms with Gasteiger partial charge in [0.25, 0.3) is 0 Å². The van der Waals surface area contributed by atoms with Crippen LogP contribution < -0.4 is 5.73 Å². The van der Waals surface area contributed by atoms with Gasteiger partial charge in [-0.15, -0.1) is 0 Å². The largest absolute Gasteiger partial charge is 0.330 e. The van der Waals surface area contributed by atoms with Gasteiger partial charge in [0.15, 0.2) is 0 Å². The van der Waals surface area contributed by atoms with Gasteiger partial charge in [0, 0.05) is 0 Å². The zero-order valence-electron chi connectivity index (χ0n) is 8.23. The van der Waals surface area contributed by atoms with Gasteiger partial charge >= 0.3 is 0 Å². The van der Waals surface area contributed by atoms with E-state index in [1.165, 1.54) is 0 Å². The molecule has 72 valence electrons. The molecule has 13 heavy (non-hydrogen) atoms. The Labute approximate surface area is 78.8 Å². The van der Waals surface area contributed by atoms with E-state index in [9.17, 15) is 4.39 Å². The predicted molar refractivity (Wildman–Crippen MR) is 53.2 cm³/mol. The second-order valence-corrected chi connectivity index (χ2v) is 3.37. The highest BCUT2D eigenvalue weighted by molar-refractivity contribution is 5.32. The second kappa shape index (κ2) is 4.38. The molecule has 0 heterocycles. The van der Waals surface area contributed by atoms with E-state index in [4.69, 9.17) is 5.73 Å². The minimum Gasteiger partial charge on any atom is -0.330 e. The van der Waals surface area contributed by atoms with E-state index in [0.717, 1.165) is 24.0 Å². The highest BCUT2D eigenvalue weighted by Gasteiger charge is 2.05. The minimum atomic E-state index is -0.0745. The molecule has 0 spiro atoms. The van der Waals surface area contributed by atoms with E-state index in [2.05, 4.69) is 0 Å². The molecule has 0 bridgehead atoms. The number of hydrogen-bond donors (Lipinski definition) is 1. The van der Waals surface area contributed by atoms with Crippen molar-refractivity contribution in [2.45, 2.75) is 26.7 Å². The molecule has 0 amide bonds. The summed E-state index contributed by atoms with van der Waals surface area (Å²) in [5, 5.41) is 0. The first-order valence-corrected chi connectivity index (χ1v) is 4.61. The number of hydrogen-bond acceptors (Lipinski definition) is 1. The molecule has 0 saturated carbocycles. The quantitative estimate of drug-likeness (QED) is 0.761. The topological polar surface area (TPSA) is 26.0 Å². The number of aryl methyl sites for hydroxylation is 2. The first kappa shape index (κ1) is 10.2. The molecule has 0 aliphatic rings. The standard InChI is InChI=1S/C11H16FN/c1-8-5-6-10(4-3-7-13)9(2)11(8)12/h5-6H,3-4,7,13H2,1-2H3. The number of benzene rings is 1. The van der Waals surface area contributed by atoms with Crippen molar-refractivity contribution in [1.29, 1.82) is 0 Å². The predicted octanol–water partition coefficient (Wildman–Crippen LogP) is 2.33. The fourth-order valence-electron chi connectivity index (χ4n) is 1.42. The molecule has 1 rings (SSSR count). The molecular formula is C11H16FN. The summed E-state index contributed by atoms with van der Waals surface area (Å²) in [5.74, 6) is -0.0745. The van der Waals surface area contributed by atoms with Crippen molar-refractivity contribution in [3.63, 3.8) is 0 Å². The van der Waals surface area contributed by atoms with Crippen LogP contribution in [0.5, 0.6) is 0 Å². The van der Waals surface area contributed by atoms with Crippen molar-refractivity contribution in [1.82, 2.24) is 0 Å². The fourth-order valence-corrected chi connectivity index (χ4v) is 1.42. The summed E-state index contributed by atoms with van der Waals surface area (Å²) in [6.07, 6.45) is 1.79. The van der Waals surface area contributed by atoms with Crippen LogP contribution >= 0.6 is 0 Å². The van der Waals surface area contributed by atoms with Crippen LogP contribution in [0, 0.1) is 19.7 Å². The lowest BCUT2D eigenvalue weighted by atomic mass is 10.0. The Kier molecular flexibility index (Phi) is 3.43.